The third-order valence-corrected chi connectivity index (χ3v) is 7.31. The monoisotopic (exact) mass is 458 g/mol. The average Bonchev–Trinajstić information content (AvgIpc) is 3.37. The largest absolute Gasteiger partial charge is 0.466 e. The molecule has 2 aliphatic rings. The number of aliphatic imine (C=N–C) groups is 1. The summed E-state index contributed by atoms with van der Waals surface area (Å²) in [4.78, 5) is 18.4. The zero-order valence-electron chi connectivity index (χ0n) is 17.3. The van der Waals surface area contributed by atoms with Crippen molar-refractivity contribution < 1.29 is 13.9 Å². The molecule has 1 aliphatic carbocycles. The molecule has 2 atom stereocenters. The number of carbonyl (C=O) groups is 1. The number of fused-ring (bicyclic) bond motifs is 5. The van der Waals surface area contributed by atoms with Gasteiger partial charge in [0.05, 0.1) is 28.8 Å². The minimum absolute atomic E-state index is 0.204. The van der Waals surface area contributed by atoms with E-state index in [0.29, 0.717) is 36.0 Å². The quantitative estimate of drug-likeness (QED) is 0.537. The topological polar surface area (TPSA) is 69.4 Å². The maximum Gasteiger partial charge on any atom is 0.309 e. The molecule has 0 saturated heterocycles. The van der Waals surface area contributed by atoms with E-state index in [2.05, 4.69) is 10.2 Å². The van der Waals surface area contributed by atoms with Gasteiger partial charge in [-0.05, 0) is 51.3 Å². The van der Waals surface area contributed by atoms with Crippen LogP contribution in [0.15, 0.2) is 23.2 Å². The van der Waals surface area contributed by atoms with E-state index < -0.39 is 5.82 Å². The Morgan fingerprint density at radius 3 is 2.87 bits per heavy atom. The predicted octanol–water partition coefficient (Wildman–Crippen LogP) is 4.62. The molecular formula is C22H20ClFN4O2S. The van der Waals surface area contributed by atoms with E-state index in [4.69, 9.17) is 21.3 Å². The molecule has 0 spiro atoms. The number of aromatic nitrogens is 3. The van der Waals surface area contributed by atoms with Gasteiger partial charge in [-0.3, -0.25) is 14.4 Å². The van der Waals surface area contributed by atoms with Gasteiger partial charge in [0, 0.05) is 10.4 Å². The lowest BCUT2D eigenvalue weighted by Crippen LogP contribution is -2.19. The summed E-state index contributed by atoms with van der Waals surface area (Å²) in [5.74, 6) is 0.555. The number of halogens is 2. The molecule has 1 aliphatic heterocycles. The van der Waals surface area contributed by atoms with Crippen LogP contribution in [-0.2, 0) is 22.4 Å². The molecule has 9 heteroatoms. The molecule has 0 radical (unpaired) electrons. The number of aryl methyl sites for hydroxylation is 1. The van der Waals surface area contributed by atoms with Gasteiger partial charge < -0.3 is 4.74 Å². The zero-order valence-corrected chi connectivity index (χ0v) is 18.9. The molecule has 0 fully saturated rings. The van der Waals surface area contributed by atoms with Crippen molar-refractivity contribution in [3.63, 3.8) is 0 Å². The van der Waals surface area contributed by atoms with Crippen LogP contribution in [0.5, 0.6) is 0 Å². The van der Waals surface area contributed by atoms with E-state index in [-0.39, 0.29) is 23.5 Å². The summed E-state index contributed by atoms with van der Waals surface area (Å²) >= 11 is 8.04. The van der Waals surface area contributed by atoms with E-state index in [9.17, 15) is 4.79 Å². The first kappa shape index (κ1) is 20.3. The van der Waals surface area contributed by atoms with Crippen molar-refractivity contribution in [1.29, 1.82) is 0 Å². The molecule has 1 unspecified atom stereocenters. The third-order valence-electron chi connectivity index (χ3n) is 5.76. The second-order valence-electron chi connectivity index (χ2n) is 7.73. The van der Waals surface area contributed by atoms with Crippen molar-refractivity contribution in [3.05, 3.63) is 62.3 Å². The van der Waals surface area contributed by atoms with Crippen molar-refractivity contribution in [1.82, 2.24) is 14.8 Å². The first-order valence-corrected chi connectivity index (χ1v) is 11.4. The molecule has 160 valence electrons. The highest BCUT2D eigenvalue weighted by molar-refractivity contribution is 7.15. The molecular weight excluding hydrogens is 439 g/mol. The Morgan fingerprint density at radius 1 is 1.32 bits per heavy atom. The highest BCUT2D eigenvalue weighted by atomic mass is 35.5. The second kappa shape index (κ2) is 7.53. The first-order chi connectivity index (χ1) is 14.9. The van der Waals surface area contributed by atoms with Gasteiger partial charge in [-0.25, -0.2) is 4.39 Å². The summed E-state index contributed by atoms with van der Waals surface area (Å²) in [6, 6.07) is 4.29. The number of ether oxygens (including phenoxy) is 1. The Hall–Kier alpha value is -2.58. The number of rotatable bonds is 3. The lowest BCUT2D eigenvalue weighted by atomic mass is 9.97. The number of hydrogen-bond acceptors (Lipinski definition) is 6. The summed E-state index contributed by atoms with van der Waals surface area (Å²) in [5, 5.41) is 9.77. The van der Waals surface area contributed by atoms with Gasteiger partial charge in [-0.15, -0.1) is 21.5 Å². The standard InChI is InChI=1S/C22H20ClFN4O2S/c1-4-30-22(29)12-8-13-16(9-12)31-21-17(13)19(18-14(23)6-5-7-15(18)24)25-10(2)20-27-26-11(3)28(20)21/h5-7,10,12H,4,8-9H2,1-3H3/t10-,12?/m0/s1. The van der Waals surface area contributed by atoms with Gasteiger partial charge in [0.15, 0.2) is 5.82 Å². The Balaban J connectivity index is 1.75. The van der Waals surface area contributed by atoms with Crippen molar-refractivity contribution >= 4 is 34.6 Å². The Kier molecular flexibility index (Phi) is 4.94. The van der Waals surface area contributed by atoms with Crippen LogP contribution in [0.2, 0.25) is 5.02 Å². The van der Waals surface area contributed by atoms with Gasteiger partial charge >= 0.3 is 5.97 Å². The molecule has 31 heavy (non-hydrogen) atoms. The lowest BCUT2D eigenvalue weighted by Gasteiger charge is -2.13. The van der Waals surface area contributed by atoms with Gasteiger partial charge in [0.2, 0.25) is 0 Å². The molecule has 3 aromatic rings. The third kappa shape index (κ3) is 3.11. The SMILES string of the molecule is CCOC(=O)C1Cc2sc3c(c2C1)C(c1c(F)cccc1Cl)=N[C@@H](C)c1nnc(C)n1-3. The van der Waals surface area contributed by atoms with Crippen molar-refractivity contribution in [3.8, 4) is 5.00 Å². The van der Waals surface area contributed by atoms with Crippen LogP contribution in [0.4, 0.5) is 4.39 Å². The highest BCUT2D eigenvalue weighted by Crippen LogP contribution is 2.45. The van der Waals surface area contributed by atoms with Gasteiger partial charge in [0.1, 0.15) is 22.7 Å². The zero-order chi connectivity index (χ0) is 21.9. The fourth-order valence-corrected chi connectivity index (χ4v) is 6.10. The van der Waals surface area contributed by atoms with Crippen LogP contribution in [-0.4, -0.2) is 33.1 Å². The molecule has 3 heterocycles. The lowest BCUT2D eigenvalue weighted by molar-refractivity contribution is -0.147. The number of carbonyl (C=O) groups excluding carboxylic acids is 1. The van der Waals surface area contributed by atoms with Gasteiger partial charge in [-0.1, -0.05) is 17.7 Å². The summed E-state index contributed by atoms with van der Waals surface area (Å²) in [6.07, 6.45) is 1.12. The molecule has 5 rings (SSSR count). The minimum atomic E-state index is -0.432. The fourth-order valence-electron chi connectivity index (χ4n) is 4.38. The van der Waals surface area contributed by atoms with E-state index in [0.717, 1.165) is 26.8 Å². The van der Waals surface area contributed by atoms with E-state index in [1.165, 1.54) is 6.07 Å². The normalized spacial score (nSPS) is 19.3. The number of nitrogens with zero attached hydrogens (tertiary/aromatic N) is 4. The molecule has 1 aromatic carbocycles. The summed E-state index contributed by atoms with van der Waals surface area (Å²) in [7, 11) is 0. The van der Waals surface area contributed by atoms with Gasteiger partial charge in [0.25, 0.3) is 0 Å². The number of benzene rings is 1. The molecule has 6 nitrogen and oxygen atoms in total. The maximum absolute atomic E-state index is 15.0. The van der Waals surface area contributed by atoms with Crippen LogP contribution in [0.1, 0.15) is 53.1 Å². The Bertz CT molecular complexity index is 1230. The average molecular weight is 459 g/mol. The molecule has 0 bridgehead atoms. The Labute approximate surface area is 187 Å². The van der Waals surface area contributed by atoms with Crippen LogP contribution < -0.4 is 0 Å². The number of thiophene rings is 1. The summed E-state index contributed by atoms with van der Waals surface area (Å²) in [6.45, 7) is 5.95. The summed E-state index contributed by atoms with van der Waals surface area (Å²) < 4.78 is 22.3. The first-order valence-electron chi connectivity index (χ1n) is 10.2. The molecule has 0 saturated carbocycles. The van der Waals surface area contributed by atoms with Gasteiger partial charge in [-0.2, -0.15) is 0 Å². The second-order valence-corrected chi connectivity index (χ2v) is 9.22. The molecule has 0 amide bonds. The van der Waals surface area contributed by atoms with E-state index in [1.54, 1.807) is 30.4 Å². The minimum Gasteiger partial charge on any atom is -0.466 e. The fraction of sp³-hybridized carbons (Fsp3) is 0.364. The smallest absolute Gasteiger partial charge is 0.309 e. The Morgan fingerprint density at radius 2 is 2.13 bits per heavy atom. The number of hydrogen-bond donors (Lipinski definition) is 0. The van der Waals surface area contributed by atoms with Crippen molar-refractivity contribution in [2.45, 2.75) is 39.7 Å². The summed E-state index contributed by atoms with van der Waals surface area (Å²) in [5.41, 5.74) is 2.59. The molecule has 2 aromatic heterocycles. The van der Waals surface area contributed by atoms with Crippen molar-refractivity contribution in [2.24, 2.45) is 10.9 Å². The van der Waals surface area contributed by atoms with Crippen LogP contribution in [0.3, 0.4) is 0 Å². The van der Waals surface area contributed by atoms with Crippen LogP contribution in [0.25, 0.3) is 5.00 Å². The van der Waals surface area contributed by atoms with Crippen LogP contribution in [0, 0.1) is 18.7 Å². The highest BCUT2D eigenvalue weighted by Gasteiger charge is 2.38. The van der Waals surface area contributed by atoms with Crippen LogP contribution >= 0.6 is 22.9 Å². The molecule has 0 N–H and O–H groups in total. The number of esters is 1. The van der Waals surface area contributed by atoms with Crippen molar-refractivity contribution in [2.75, 3.05) is 6.61 Å². The van der Waals surface area contributed by atoms with E-state index >= 15 is 4.39 Å². The maximum atomic E-state index is 15.0. The van der Waals surface area contributed by atoms with E-state index in [1.807, 2.05) is 18.4 Å². The predicted molar refractivity (Wildman–Crippen MR) is 117 cm³/mol.